The summed E-state index contributed by atoms with van der Waals surface area (Å²) in [5.74, 6) is 0.335. The van der Waals surface area contributed by atoms with E-state index in [1.165, 1.54) is 12.1 Å². The number of aromatic hydroxyl groups is 1. The summed E-state index contributed by atoms with van der Waals surface area (Å²) in [6.45, 7) is 5.23. The van der Waals surface area contributed by atoms with E-state index in [0.29, 0.717) is 11.5 Å². The molecule has 0 aromatic heterocycles. The molecule has 0 saturated heterocycles. The number of hydrogen-bond donors (Lipinski definition) is 1. The molecule has 0 spiro atoms. The monoisotopic (exact) mass is 192 g/mol. The lowest BCUT2D eigenvalue weighted by molar-refractivity contribution is -0.386. The van der Waals surface area contributed by atoms with Gasteiger partial charge < -0.3 is 5.11 Å². The fourth-order valence-electron chi connectivity index (χ4n) is 1.15. The SMILES string of the molecule is C=C[C](C)c1cccc(O)c1[N+](=O)[O-]. The lowest BCUT2D eigenvalue weighted by atomic mass is 9.99. The van der Waals surface area contributed by atoms with Gasteiger partial charge in [0.25, 0.3) is 0 Å². The van der Waals surface area contributed by atoms with Crippen LogP contribution in [-0.4, -0.2) is 10.0 Å². The fourth-order valence-corrected chi connectivity index (χ4v) is 1.15. The predicted molar refractivity (Wildman–Crippen MR) is 53.0 cm³/mol. The number of phenols is 1. The highest BCUT2D eigenvalue weighted by molar-refractivity contribution is 5.58. The van der Waals surface area contributed by atoms with Gasteiger partial charge in [0.1, 0.15) is 0 Å². The molecule has 0 fully saturated rings. The van der Waals surface area contributed by atoms with Crippen LogP contribution >= 0.6 is 0 Å². The molecule has 0 aliphatic carbocycles. The number of rotatable bonds is 3. The van der Waals surface area contributed by atoms with E-state index in [-0.39, 0.29) is 11.4 Å². The largest absolute Gasteiger partial charge is 0.502 e. The number of hydrogen-bond acceptors (Lipinski definition) is 3. The van der Waals surface area contributed by atoms with Crippen molar-refractivity contribution in [2.45, 2.75) is 6.92 Å². The van der Waals surface area contributed by atoms with Gasteiger partial charge in [-0.3, -0.25) is 10.1 Å². The Bertz CT molecular complexity index is 374. The molecule has 0 bridgehead atoms. The quantitative estimate of drug-likeness (QED) is 0.590. The van der Waals surface area contributed by atoms with Crippen LogP contribution in [0.3, 0.4) is 0 Å². The van der Waals surface area contributed by atoms with Gasteiger partial charge in [-0.25, -0.2) is 0 Å². The van der Waals surface area contributed by atoms with E-state index in [4.69, 9.17) is 0 Å². The lowest BCUT2D eigenvalue weighted by Gasteiger charge is -2.06. The van der Waals surface area contributed by atoms with Crippen molar-refractivity contribution in [3.63, 3.8) is 0 Å². The molecular weight excluding hydrogens is 182 g/mol. The van der Waals surface area contributed by atoms with Crippen LogP contribution in [0.5, 0.6) is 5.75 Å². The zero-order valence-corrected chi connectivity index (χ0v) is 7.73. The Morgan fingerprint density at radius 2 is 2.29 bits per heavy atom. The Labute approximate surface area is 81.6 Å². The Hall–Kier alpha value is -1.84. The number of para-hydroxylation sites is 1. The summed E-state index contributed by atoms with van der Waals surface area (Å²) in [5.41, 5.74) is 0.120. The van der Waals surface area contributed by atoms with Gasteiger partial charge >= 0.3 is 5.69 Å². The van der Waals surface area contributed by atoms with E-state index in [0.717, 1.165) is 0 Å². The van der Waals surface area contributed by atoms with Crippen molar-refractivity contribution in [3.8, 4) is 5.75 Å². The first-order valence-electron chi connectivity index (χ1n) is 4.00. The van der Waals surface area contributed by atoms with Gasteiger partial charge in [0.15, 0.2) is 5.75 Å². The maximum atomic E-state index is 10.7. The van der Waals surface area contributed by atoms with Gasteiger partial charge in [-0.15, -0.1) is 6.58 Å². The first-order valence-corrected chi connectivity index (χ1v) is 4.00. The van der Waals surface area contributed by atoms with Crippen molar-refractivity contribution in [2.24, 2.45) is 0 Å². The lowest BCUT2D eigenvalue weighted by Crippen LogP contribution is -1.98. The topological polar surface area (TPSA) is 63.4 Å². The number of nitro benzene ring substituents is 1. The third kappa shape index (κ3) is 1.74. The predicted octanol–water partition coefficient (Wildman–Crippen LogP) is 2.43. The second kappa shape index (κ2) is 3.91. The van der Waals surface area contributed by atoms with Crippen LogP contribution in [0, 0.1) is 16.0 Å². The van der Waals surface area contributed by atoms with Crippen LogP contribution < -0.4 is 0 Å². The molecule has 0 heterocycles. The second-order valence-electron chi connectivity index (χ2n) is 2.82. The molecule has 0 saturated carbocycles. The van der Waals surface area contributed by atoms with Crippen LogP contribution in [0.15, 0.2) is 30.9 Å². The molecule has 4 nitrogen and oxygen atoms in total. The van der Waals surface area contributed by atoms with Crippen LogP contribution in [0.2, 0.25) is 0 Å². The number of allylic oxidation sites excluding steroid dienone is 1. The molecule has 14 heavy (non-hydrogen) atoms. The molecular formula is C10H10NO3. The molecule has 1 N–H and O–H groups in total. The molecule has 1 aromatic carbocycles. The third-order valence-electron chi connectivity index (χ3n) is 1.93. The molecule has 1 rings (SSSR count). The van der Waals surface area contributed by atoms with E-state index in [2.05, 4.69) is 6.58 Å². The van der Waals surface area contributed by atoms with Gasteiger partial charge in [0.2, 0.25) is 0 Å². The van der Waals surface area contributed by atoms with E-state index in [1.807, 2.05) is 0 Å². The van der Waals surface area contributed by atoms with E-state index < -0.39 is 4.92 Å². The average molecular weight is 192 g/mol. The normalized spacial score (nSPS) is 10.1. The molecule has 0 aliphatic heterocycles. The molecule has 1 aromatic rings. The molecule has 0 atom stereocenters. The Morgan fingerprint density at radius 3 is 2.79 bits per heavy atom. The standard InChI is InChI=1S/C10H10NO3/c1-3-7(2)8-5-4-6-9(12)10(8)11(13)14/h3-6,12H,1H2,2H3. The van der Waals surface area contributed by atoms with Crippen molar-refractivity contribution >= 4 is 5.69 Å². The number of nitro groups is 1. The summed E-state index contributed by atoms with van der Waals surface area (Å²) in [5, 5.41) is 20.0. The molecule has 73 valence electrons. The van der Waals surface area contributed by atoms with Gasteiger partial charge in [0.05, 0.1) is 4.92 Å². The highest BCUT2D eigenvalue weighted by atomic mass is 16.6. The molecule has 0 aliphatic rings. The second-order valence-corrected chi connectivity index (χ2v) is 2.82. The van der Waals surface area contributed by atoms with Crippen LogP contribution in [0.4, 0.5) is 5.69 Å². The maximum absolute atomic E-state index is 10.7. The van der Waals surface area contributed by atoms with Crippen LogP contribution in [0.1, 0.15) is 12.5 Å². The van der Waals surface area contributed by atoms with E-state index >= 15 is 0 Å². The molecule has 0 amide bonds. The highest BCUT2D eigenvalue weighted by Gasteiger charge is 2.21. The summed E-state index contributed by atoms with van der Waals surface area (Å²) in [6, 6.07) is 4.43. The Morgan fingerprint density at radius 1 is 1.64 bits per heavy atom. The van der Waals surface area contributed by atoms with Gasteiger partial charge in [-0.05, 0) is 6.07 Å². The average Bonchev–Trinajstić information content (AvgIpc) is 2.15. The minimum absolute atomic E-state index is 0.273. The first-order chi connectivity index (χ1) is 6.57. The Balaban J connectivity index is 3.35. The highest BCUT2D eigenvalue weighted by Crippen LogP contribution is 2.33. The smallest absolute Gasteiger partial charge is 0.314 e. The maximum Gasteiger partial charge on any atom is 0.314 e. The van der Waals surface area contributed by atoms with Crippen molar-refractivity contribution in [2.75, 3.05) is 0 Å². The summed E-state index contributed by atoms with van der Waals surface area (Å²) >= 11 is 0. The number of benzene rings is 1. The van der Waals surface area contributed by atoms with Crippen molar-refractivity contribution < 1.29 is 10.0 Å². The number of nitrogens with zero attached hydrogens (tertiary/aromatic N) is 1. The Kier molecular flexibility index (Phi) is 2.86. The molecule has 4 heteroatoms. The van der Waals surface area contributed by atoms with E-state index in [9.17, 15) is 15.2 Å². The number of phenolic OH excluding ortho intramolecular Hbond substituents is 1. The fraction of sp³-hybridized carbons (Fsp3) is 0.100. The van der Waals surface area contributed by atoms with Gasteiger partial charge in [0, 0.05) is 11.5 Å². The minimum Gasteiger partial charge on any atom is -0.502 e. The third-order valence-corrected chi connectivity index (χ3v) is 1.93. The summed E-state index contributed by atoms with van der Waals surface area (Å²) in [4.78, 5) is 10.1. The summed E-state index contributed by atoms with van der Waals surface area (Å²) in [7, 11) is 0. The van der Waals surface area contributed by atoms with Gasteiger partial charge in [-0.1, -0.05) is 25.1 Å². The van der Waals surface area contributed by atoms with Crippen LogP contribution in [-0.2, 0) is 0 Å². The first kappa shape index (κ1) is 10.2. The van der Waals surface area contributed by atoms with Crippen molar-refractivity contribution in [1.82, 2.24) is 0 Å². The summed E-state index contributed by atoms with van der Waals surface area (Å²) < 4.78 is 0. The van der Waals surface area contributed by atoms with E-state index in [1.54, 1.807) is 19.1 Å². The van der Waals surface area contributed by atoms with Crippen molar-refractivity contribution in [3.05, 3.63) is 52.4 Å². The zero-order valence-electron chi connectivity index (χ0n) is 7.73. The van der Waals surface area contributed by atoms with Crippen molar-refractivity contribution in [1.29, 1.82) is 0 Å². The van der Waals surface area contributed by atoms with Gasteiger partial charge in [-0.2, -0.15) is 0 Å². The zero-order chi connectivity index (χ0) is 10.7. The summed E-state index contributed by atoms with van der Waals surface area (Å²) in [6.07, 6.45) is 1.52. The minimum atomic E-state index is -0.600. The van der Waals surface area contributed by atoms with Crippen LogP contribution in [0.25, 0.3) is 0 Å². The molecule has 0 unspecified atom stereocenters. The molecule has 1 radical (unpaired) electrons.